The van der Waals surface area contributed by atoms with Crippen LogP contribution in [0.25, 0.3) is 11.3 Å². The second-order valence-corrected chi connectivity index (χ2v) is 4.95. The summed E-state index contributed by atoms with van der Waals surface area (Å²) < 4.78 is 42.5. The van der Waals surface area contributed by atoms with Crippen LogP contribution in [0.4, 0.5) is 13.2 Å². The highest BCUT2D eigenvalue weighted by atomic mass is 35.5. The zero-order chi connectivity index (χ0) is 16.5. The number of nitrogens with zero attached hydrogens (tertiary/aromatic N) is 1. The first kappa shape index (κ1) is 16.3. The monoisotopic (exact) mass is 329 g/mol. The third-order valence-electron chi connectivity index (χ3n) is 3.05. The summed E-state index contributed by atoms with van der Waals surface area (Å²) >= 11 is 5.92. The van der Waals surface area contributed by atoms with Crippen LogP contribution >= 0.6 is 11.6 Å². The first-order valence-corrected chi connectivity index (χ1v) is 6.55. The Bertz CT molecular complexity index is 729. The standard InChI is InChI=1S/C15H11ClF3NO2/c1-8-3-6-12(20-13(8)14(21)22-2)10-5-4-9(7-11(10)16)15(17,18)19/h3-7H,1-2H3. The Balaban J connectivity index is 2.51. The number of alkyl halides is 3. The third kappa shape index (κ3) is 3.22. The highest BCUT2D eigenvalue weighted by Crippen LogP contribution is 2.35. The SMILES string of the molecule is COC(=O)c1nc(-c2ccc(C(F)(F)F)cc2Cl)ccc1C. The average molecular weight is 330 g/mol. The number of aryl methyl sites for hydroxylation is 1. The molecule has 3 nitrogen and oxygen atoms in total. The van der Waals surface area contributed by atoms with E-state index in [1.165, 1.54) is 13.2 Å². The Morgan fingerprint density at radius 3 is 2.45 bits per heavy atom. The lowest BCUT2D eigenvalue weighted by Gasteiger charge is -2.11. The number of hydrogen-bond acceptors (Lipinski definition) is 3. The maximum Gasteiger partial charge on any atom is 0.416 e. The molecule has 116 valence electrons. The molecule has 7 heteroatoms. The minimum atomic E-state index is -4.47. The fraction of sp³-hybridized carbons (Fsp3) is 0.200. The van der Waals surface area contributed by atoms with Gasteiger partial charge in [0, 0.05) is 5.56 Å². The summed E-state index contributed by atoms with van der Waals surface area (Å²) in [4.78, 5) is 15.7. The van der Waals surface area contributed by atoms with E-state index in [9.17, 15) is 18.0 Å². The van der Waals surface area contributed by atoms with Gasteiger partial charge in [-0.05, 0) is 30.7 Å². The molecule has 0 fully saturated rings. The largest absolute Gasteiger partial charge is 0.464 e. The second-order valence-electron chi connectivity index (χ2n) is 4.55. The smallest absolute Gasteiger partial charge is 0.416 e. The minimum Gasteiger partial charge on any atom is -0.464 e. The number of halogens is 4. The number of ether oxygens (including phenoxy) is 1. The number of hydrogen-bond donors (Lipinski definition) is 0. The van der Waals surface area contributed by atoms with E-state index >= 15 is 0 Å². The van der Waals surface area contributed by atoms with Crippen LogP contribution in [-0.2, 0) is 10.9 Å². The topological polar surface area (TPSA) is 39.2 Å². The molecule has 1 heterocycles. The molecule has 0 saturated carbocycles. The highest BCUT2D eigenvalue weighted by molar-refractivity contribution is 6.33. The molecule has 2 rings (SSSR count). The van der Waals surface area contributed by atoms with Gasteiger partial charge in [-0.2, -0.15) is 13.2 Å². The van der Waals surface area contributed by atoms with Crippen LogP contribution in [0.15, 0.2) is 30.3 Å². The van der Waals surface area contributed by atoms with Gasteiger partial charge >= 0.3 is 12.1 Å². The van der Waals surface area contributed by atoms with Gasteiger partial charge in [-0.25, -0.2) is 9.78 Å². The van der Waals surface area contributed by atoms with Crippen molar-refractivity contribution in [3.63, 3.8) is 0 Å². The summed E-state index contributed by atoms with van der Waals surface area (Å²) in [6.45, 7) is 1.68. The number of rotatable bonds is 2. The number of esters is 1. The zero-order valence-corrected chi connectivity index (χ0v) is 12.4. The van der Waals surface area contributed by atoms with Gasteiger partial charge in [0.05, 0.1) is 23.4 Å². The Kier molecular flexibility index (Phi) is 4.42. The van der Waals surface area contributed by atoms with Crippen molar-refractivity contribution in [3.05, 3.63) is 52.2 Å². The van der Waals surface area contributed by atoms with Crippen molar-refractivity contribution >= 4 is 17.6 Å². The predicted octanol–water partition coefficient (Wildman–Crippen LogP) is 4.52. The van der Waals surface area contributed by atoms with Crippen molar-refractivity contribution in [3.8, 4) is 11.3 Å². The van der Waals surface area contributed by atoms with E-state index in [1.807, 2.05) is 0 Å². The number of pyridine rings is 1. The number of aromatic nitrogens is 1. The molecule has 0 radical (unpaired) electrons. The molecule has 0 amide bonds. The van der Waals surface area contributed by atoms with Gasteiger partial charge in [0.25, 0.3) is 0 Å². The van der Waals surface area contributed by atoms with Gasteiger partial charge in [0.15, 0.2) is 5.69 Å². The molecule has 0 aliphatic rings. The number of carbonyl (C=O) groups excluding carboxylic acids is 1. The van der Waals surface area contributed by atoms with Gasteiger partial charge in [-0.3, -0.25) is 0 Å². The molecule has 0 aliphatic carbocycles. The van der Waals surface area contributed by atoms with Crippen LogP contribution in [0, 0.1) is 6.92 Å². The molecule has 0 aliphatic heterocycles. The van der Waals surface area contributed by atoms with E-state index in [0.717, 1.165) is 12.1 Å². The highest BCUT2D eigenvalue weighted by Gasteiger charge is 2.31. The molecule has 0 saturated heterocycles. The van der Waals surface area contributed by atoms with E-state index in [4.69, 9.17) is 11.6 Å². The molecule has 0 N–H and O–H groups in total. The Morgan fingerprint density at radius 1 is 1.23 bits per heavy atom. The molecule has 0 spiro atoms. The van der Waals surface area contributed by atoms with Crippen LogP contribution in [0.5, 0.6) is 0 Å². The molecule has 22 heavy (non-hydrogen) atoms. The first-order chi connectivity index (χ1) is 10.2. The molecule has 1 aromatic carbocycles. The second kappa shape index (κ2) is 5.96. The van der Waals surface area contributed by atoms with E-state index in [2.05, 4.69) is 9.72 Å². The van der Waals surface area contributed by atoms with Crippen molar-refractivity contribution in [1.82, 2.24) is 4.98 Å². The van der Waals surface area contributed by atoms with Gasteiger partial charge in [0.1, 0.15) is 0 Å². The molecular formula is C15H11ClF3NO2. The fourth-order valence-corrected chi connectivity index (χ4v) is 2.16. The van der Waals surface area contributed by atoms with Gasteiger partial charge < -0.3 is 4.74 Å². The Hall–Kier alpha value is -2.08. The lowest BCUT2D eigenvalue weighted by Crippen LogP contribution is -2.08. The maximum atomic E-state index is 12.6. The number of benzene rings is 1. The van der Waals surface area contributed by atoms with Crippen LogP contribution in [0.2, 0.25) is 5.02 Å². The van der Waals surface area contributed by atoms with Crippen molar-refractivity contribution in [2.45, 2.75) is 13.1 Å². The molecular weight excluding hydrogens is 319 g/mol. The molecule has 0 unspecified atom stereocenters. The predicted molar refractivity (Wildman–Crippen MR) is 75.8 cm³/mol. The fourth-order valence-electron chi connectivity index (χ4n) is 1.88. The summed E-state index contributed by atoms with van der Waals surface area (Å²) in [6.07, 6.45) is -4.47. The number of carbonyl (C=O) groups is 1. The molecule has 0 atom stereocenters. The van der Waals surface area contributed by atoms with Crippen molar-refractivity contribution < 1.29 is 22.7 Å². The van der Waals surface area contributed by atoms with Crippen LogP contribution < -0.4 is 0 Å². The van der Waals surface area contributed by atoms with Gasteiger partial charge in [0.2, 0.25) is 0 Å². The quantitative estimate of drug-likeness (QED) is 0.761. The van der Waals surface area contributed by atoms with Gasteiger partial charge in [-0.15, -0.1) is 0 Å². The summed E-state index contributed by atoms with van der Waals surface area (Å²) in [6, 6.07) is 6.18. The zero-order valence-electron chi connectivity index (χ0n) is 11.7. The van der Waals surface area contributed by atoms with Crippen molar-refractivity contribution in [2.24, 2.45) is 0 Å². The average Bonchev–Trinajstić information content (AvgIpc) is 2.46. The lowest BCUT2D eigenvalue weighted by atomic mass is 10.1. The van der Waals surface area contributed by atoms with E-state index in [-0.39, 0.29) is 10.7 Å². The van der Waals surface area contributed by atoms with Crippen LogP contribution in [0.3, 0.4) is 0 Å². The summed E-state index contributed by atoms with van der Waals surface area (Å²) in [5, 5.41) is -0.0954. The maximum absolute atomic E-state index is 12.6. The summed E-state index contributed by atoms with van der Waals surface area (Å²) in [5.41, 5.74) is 0.445. The Morgan fingerprint density at radius 2 is 1.91 bits per heavy atom. The third-order valence-corrected chi connectivity index (χ3v) is 3.36. The van der Waals surface area contributed by atoms with Gasteiger partial charge in [-0.1, -0.05) is 23.7 Å². The Labute approximate surface area is 129 Å². The molecule has 0 bridgehead atoms. The molecule has 2 aromatic rings. The van der Waals surface area contributed by atoms with E-state index < -0.39 is 17.7 Å². The van der Waals surface area contributed by atoms with E-state index in [1.54, 1.807) is 19.1 Å². The summed E-state index contributed by atoms with van der Waals surface area (Å²) in [7, 11) is 1.22. The lowest BCUT2D eigenvalue weighted by molar-refractivity contribution is -0.137. The van der Waals surface area contributed by atoms with Crippen LogP contribution in [0.1, 0.15) is 21.6 Å². The van der Waals surface area contributed by atoms with Crippen molar-refractivity contribution in [2.75, 3.05) is 7.11 Å². The van der Waals surface area contributed by atoms with Crippen molar-refractivity contribution in [1.29, 1.82) is 0 Å². The van der Waals surface area contributed by atoms with E-state index in [0.29, 0.717) is 16.8 Å². The normalized spacial score (nSPS) is 11.4. The summed E-state index contributed by atoms with van der Waals surface area (Å²) in [5.74, 6) is -0.623. The minimum absolute atomic E-state index is 0.0935. The number of methoxy groups -OCH3 is 1. The first-order valence-electron chi connectivity index (χ1n) is 6.17. The molecule has 1 aromatic heterocycles. The van der Waals surface area contributed by atoms with Crippen LogP contribution in [-0.4, -0.2) is 18.1 Å².